The molecule has 0 aliphatic heterocycles. The number of rotatable bonds is 8. The molecule has 0 saturated heterocycles. The monoisotopic (exact) mass is 198 g/mol. The maximum atomic E-state index is 11.1. The molecule has 1 unspecified atom stereocenters. The minimum Gasteiger partial charge on any atom is -0.356 e. The minimum absolute atomic E-state index is 0.121. The van der Waals surface area contributed by atoms with Crippen molar-refractivity contribution in [3.05, 3.63) is 12.7 Å². The van der Waals surface area contributed by atoms with Gasteiger partial charge in [0.25, 0.3) is 0 Å². The van der Waals surface area contributed by atoms with Gasteiger partial charge in [0.05, 0.1) is 0 Å². The topological polar surface area (TPSA) is 41.1 Å². The fourth-order valence-corrected chi connectivity index (χ4v) is 1.19. The molecular weight excluding hydrogens is 176 g/mol. The molecule has 1 amide bonds. The Morgan fingerprint density at radius 1 is 1.57 bits per heavy atom. The molecule has 2 N–H and O–H groups in total. The van der Waals surface area contributed by atoms with Crippen molar-refractivity contribution in [2.45, 2.75) is 39.2 Å². The highest BCUT2D eigenvalue weighted by Gasteiger charge is 2.02. The third kappa shape index (κ3) is 7.80. The van der Waals surface area contributed by atoms with Crippen molar-refractivity contribution in [3.8, 4) is 0 Å². The first-order valence-electron chi connectivity index (χ1n) is 5.31. The summed E-state index contributed by atoms with van der Waals surface area (Å²) in [6, 6.07) is 0.461. The molecule has 0 fully saturated rings. The molecule has 0 aliphatic rings. The molecule has 0 spiro atoms. The van der Waals surface area contributed by atoms with Crippen LogP contribution >= 0.6 is 0 Å². The fraction of sp³-hybridized carbons (Fsp3) is 0.727. The minimum atomic E-state index is 0.121. The van der Waals surface area contributed by atoms with Crippen LogP contribution in [0.5, 0.6) is 0 Å². The summed E-state index contributed by atoms with van der Waals surface area (Å²) in [5.41, 5.74) is 0. The molecule has 0 aromatic rings. The van der Waals surface area contributed by atoms with Gasteiger partial charge >= 0.3 is 0 Å². The molecule has 1 atom stereocenters. The van der Waals surface area contributed by atoms with Gasteiger partial charge in [-0.25, -0.2) is 0 Å². The van der Waals surface area contributed by atoms with E-state index in [0.29, 0.717) is 19.0 Å². The summed E-state index contributed by atoms with van der Waals surface area (Å²) in [6.45, 7) is 9.20. The first-order chi connectivity index (χ1) is 6.70. The summed E-state index contributed by atoms with van der Waals surface area (Å²) in [4.78, 5) is 11.1. The van der Waals surface area contributed by atoms with E-state index in [1.54, 1.807) is 0 Å². The molecule has 0 rings (SSSR count). The van der Waals surface area contributed by atoms with E-state index < -0.39 is 0 Å². The van der Waals surface area contributed by atoms with Crippen LogP contribution in [-0.2, 0) is 4.79 Å². The quantitative estimate of drug-likeness (QED) is 0.580. The highest BCUT2D eigenvalue weighted by atomic mass is 16.1. The Kier molecular flexibility index (Phi) is 8.24. The Labute approximate surface area is 87.0 Å². The third-order valence-electron chi connectivity index (χ3n) is 2.02. The van der Waals surface area contributed by atoms with Gasteiger partial charge < -0.3 is 10.6 Å². The molecular formula is C11H22N2O. The first kappa shape index (κ1) is 13.2. The molecule has 0 saturated carbocycles. The SMILES string of the molecule is C=CCCC(C)NCCC(=O)NCC. The van der Waals surface area contributed by atoms with Crippen molar-refractivity contribution >= 4 is 5.91 Å². The number of carbonyl (C=O) groups excluding carboxylic acids is 1. The zero-order chi connectivity index (χ0) is 10.8. The lowest BCUT2D eigenvalue weighted by molar-refractivity contribution is -0.120. The second-order valence-corrected chi connectivity index (χ2v) is 3.42. The van der Waals surface area contributed by atoms with E-state index in [0.717, 1.165) is 19.4 Å². The number of amides is 1. The van der Waals surface area contributed by atoms with E-state index in [2.05, 4.69) is 24.1 Å². The molecule has 3 nitrogen and oxygen atoms in total. The predicted octanol–water partition coefficient (Wildman–Crippen LogP) is 1.46. The van der Waals surface area contributed by atoms with Crippen LogP contribution in [0.1, 0.15) is 33.1 Å². The summed E-state index contributed by atoms with van der Waals surface area (Å²) in [6.07, 6.45) is 4.59. The van der Waals surface area contributed by atoms with Crippen LogP contribution in [0.15, 0.2) is 12.7 Å². The highest BCUT2D eigenvalue weighted by molar-refractivity contribution is 5.75. The van der Waals surface area contributed by atoms with E-state index in [-0.39, 0.29) is 5.91 Å². The largest absolute Gasteiger partial charge is 0.356 e. The van der Waals surface area contributed by atoms with Crippen LogP contribution in [0.25, 0.3) is 0 Å². The molecule has 0 heterocycles. The molecule has 0 aromatic carbocycles. The van der Waals surface area contributed by atoms with Gasteiger partial charge in [-0.05, 0) is 26.7 Å². The van der Waals surface area contributed by atoms with Gasteiger partial charge in [-0.1, -0.05) is 6.08 Å². The summed E-state index contributed by atoms with van der Waals surface area (Å²) >= 11 is 0. The maximum absolute atomic E-state index is 11.1. The second kappa shape index (κ2) is 8.75. The Hall–Kier alpha value is -0.830. The van der Waals surface area contributed by atoms with E-state index in [1.807, 2.05) is 13.0 Å². The first-order valence-corrected chi connectivity index (χ1v) is 5.31. The predicted molar refractivity (Wildman–Crippen MR) is 60.2 cm³/mol. The lowest BCUT2D eigenvalue weighted by Crippen LogP contribution is -2.31. The molecule has 0 aliphatic carbocycles. The molecule has 82 valence electrons. The molecule has 0 radical (unpaired) electrons. The Morgan fingerprint density at radius 2 is 2.29 bits per heavy atom. The van der Waals surface area contributed by atoms with Crippen molar-refractivity contribution in [1.82, 2.24) is 10.6 Å². The molecule has 14 heavy (non-hydrogen) atoms. The van der Waals surface area contributed by atoms with Crippen LogP contribution < -0.4 is 10.6 Å². The average molecular weight is 198 g/mol. The summed E-state index contributed by atoms with van der Waals surface area (Å²) in [5.74, 6) is 0.121. The van der Waals surface area contributed by atoms with Crippen LogP contribution in [0.3, 0.4) is 0 Å². The summed E-state index contributed by atoms with van der Waals surface area (Å²) in [5, 5.41) is 6.07. The van der Waals surface area contributed by atoms with Gasteiger partial charge in [0.15, 0.2) is 0 Å². The molecule has 0 aromatic heterocycles. The Bertz CT molecular complexity index is 169. The Balaban J connectivity index is 3.34. The number of hydrogen-bond acceptors (Lipinski definition) is 2. The lowest BCUT2D eigenvalue weighted by Gasteiger charge is -2.12. The van der Waals surface area contributed by atoms with Crippen LogP contribution in [0.4, 0.5) is 0 Å². The van der Waals surface area contributed by atoms with Gasteiger partial charge in [0.2, 0.25) is 5.91 Å². The number of hydrogen-bond donors (Lipinski definition) is 2. The van der Waals surface area contributed by atoms with Crippen molar-refractivity contribution in [2.75, 3.05) is 13.1 Å². The Morgan fingerprint density at radius 3 is 2.86 bits per heavy atom. The fourth-order valence-electron chi connectivity index (χ4n) is 1.19. The van der Waals surface area contributed by atoms with E-state index in [1.165, 1.54) is 0 Å². The third-order valence-corrected chi connectivity index (χ3v) is 2.02. The van der Waals surface area contributed by atoms with Gasteiger partial charge in [0.1, 0.15) is 0 Å². The maximum Gasteiger partial charge on any atom is 0.221 e. The van der Waals surface area contributed by atoms with E-state index >= 15 is 0 Å². The number of nitrogens with one attached hydrogen (secondary N) is 2. The van der Waals surface area contributed by atoms with E-state index in [4.69, 9.17) is 0 Å². The van der Waals surface area contributed by atoms with Crippen molar-refractivity contribution < 1.29 is 4.79 Å². The smallest absolute Gasteiger partial charge is 0.221 e. The van der Waals surface area contributed by atoms with Crippen molar-refractivity contribution in [2.24, 2.45) is 0 Å². The van der Waals surface area contributed by atoms with Crippen molar-refractivity contribution in [1.29, 1.82) is 0 Å². The van der Waals surface area contributed by atoms with E-state index in [9.17, 15) is 4.79 Å². The zero-order valence-electron chi connectivity index (χ0n) is 9.31. The lowest BCUT2D eigenvalue weighted by atomic mass is 10.2. The van der Waals surface area contributed by atoms with Crippen LogP contribution in [0.2, 0.25) is 0 Å². The van der Waals surface area contributed by atoms with Crippen LogP contribution in [-0.4, -0.2) is 25.0 Å². The summed E-state index contributed by atoms with van der Waals surface area (Å²) in [7, 11) is 0. The van der Waals surface area contributed by atoms with Gasteiger partial charge in [-0.3, -0.25) is 4.79 Å². The average Bonchev–Trinajstić information content (AvgIpc) is 2.15. The number of carbonyl (C=O) groups is 1. The van der Waals surface area contributed by atoms with Gasteiger partial charge in [-0.2, -0.15) is 0 Å². The molecule has 3 heteroatoms. The van der Waals surface area contributed by atoms with Crippen LogP contribution in [0, 0.1) is 0 Å². The van der Waals surface area contributed by atoms with Crippen molar-refractivity contribution in [3.63, 3.8) is 0 Å². The number of allylic oxidation sites excluding steroid dienone is 1. The second-order valence-electron chi connectivity index (χ2n) is 3.42. The normalized spacial score (nSPS) is 12.1. The van der Waals surface area contributed by atoms with Gasteiger partial charge in [0, 0.05) is 25.6 Å². The summed E-state index contributed by atoms with van der Waals surface area (Å²) < 4.78 is 0. The molecule has 0 bridgehead atoms. The van der Waals surface area contributed by atoms with Gasteiger partial charge in [-0.15, -0.1) is 6.58 Å². The standard InChI is InChI=1S/C11H22N2O/c1-4-6-7-10(3)13-9-8-11(14)12-5-2/h4,10,13H,1,5-9H2,2-3H3,(H,12,14). The highest BCUT2D eigenvalue weighted by Crippen LogP contribution is 1.96. The zero-order valence-corrected chi connectivity index (χ0v) is 9.31.